The summed E-state index contributed by atoms with van der Waals surface area (Å²) in [6.45, 7) is 1.98. The van der Waals surface area contributed by atoms with Crippen molar-refractivity contribution in [2.24, 2.45) is 0 Å². The second-order valence-electron chi connectivity index (χ2n) is 7.27. The summed E-state index contributed by atoms with van der Waals surface area (Å²) in [5, 5.41) is 12.0. The lowest BCUT2D eigenvalue weighted by molar-refractivity contribution is -0.113. The third-order valence-corrected chi connectivity index (χ3v) is 13.0. The molecule has 0 aliphatic carbocycles. The Labute approximate surface area is 250 Å². The summed E-state index contributed by atoms with van der Waals surface area (Å²) < 4.78 is 3.77. The molecule has 0 unspecified atom stereocenters. The van der Waals surface area contributed by atoms with Gasteiger partial charge in [-0.25, -0.2) is 9.88 Å². The Morgan fingerprint density at radius 3 is 2.28 bits per heavy atom. The molecule has 3 heterocycles. The summed E-state index contributed by atoms with van der Waals surface area (Å²) in [5.74, 6) is -0.876. The van der Waals surface area contributed by atoms with E-state index in [1.165, 1.54) is 34.4 Å². The number of fused-ring (bicyclic) bond motifs is 2. The van der Waals surface area contributed by atoms with Crippen LogP contribution in [-0.4, -0.2) is 38.7 Å². The van der Waals surface area contributed by atoms with Gasteiger partial charge in [-0.05, 0) is 88.3 Å². The Morgan fingerprint density at radius 2 is 1.67 bits per heavy atom. The molecule has 2 aromatic carbocycles. The first-order valence-corrected chi connectivity index (χ1v) is 15.9. The van der Waals surface area contributed by atoms with Gasteiger partial charge in [-0.2, -0.15) is 0 Å². The normalized spacial score (nSPS) is 13.1. The molecule has 0 fully saturated rings. The second kappa shape index (κ2) is 10.5. The number of amides is 3. The van der Waals surface area contributed by atoms with Crippen molar-refractivity contribution in [3.8, 4) is 0 Å². The van der Waals surface area contributed by atoms with Gasteiger partial charge in [0.1, 0.15) is 5.01 Å². The van der Waals surface area contributed by atoms with Gasteiger partial charge in [0.25, 0.3) is 11.8 Å². The van der Waals surface area contributed by atoms with Gasteiger partial charge >= 0.3 is 0 Å². The Hall–Kier alpha value is -1.23. The van der Waals surface area contributed by atoms with Crippen LogP contribution < -0.4 is 10.2 Å². The van der Waals surface area contributed by atoms with E-state index >= 15 is 0 Å². The zero-order valence-electron chi connectivity index (χ0n) is 17.9. The number of nitrogens with zero attached hydrogens (tertiary/aromatic N) is 4. The van der Waals surface area contributed by atoms with Crippen molar-refractivity contribution >= 4 is 137 Å². The summed E-state index contributed by atoms with van der Waals surface area (Å²) in [5.41, 5.74) is 1.73. The number of nitrogens with one attached hydrogen (secondary N) is 1. The highest BCUT2D eigenvalue weighted by atomic mass is 79.9. The van der Waals surface area contributed by atoms with Crippen molar-refractivity contribution < 1.29 is 14.4 Å². The van der Waals surface area contributed by atoms with Gasteiger partial charge in [0.15, 0.2) is 4.34 Å². The quantitative estimate of drug-likeness (QED) is 0.0947. The number of thiazole rings is 1. The fourth-order valence-corrected chi connectivity index (χ4v) is 8.46. The first-order valence-electron chi connectivity index (χ1n) is 10.1. The van der Waals surface area contributed by atoms with Crippen molar-refractivity contribution in [3.05, 3.63) is 52.2 Å². The number of benzene rings is 2. The number of aryl methyl sites for hydroxylation is 1. The van der Waals surface area contributed by atoms with Crippen LogP contribution in [0.15, 0.2) is 40.4 Å². The molecule has 1 N–H and O–H groups in total. The number of hydrogen-bond donors (Lipinski definition) is 1. The fourth-order valence-electron chi connectivity index (χ4n) is 3.41. The van der Waals surface area contributed by atoms with Crippen LogP contribution in [0.1, 0.15) is 32.6 Å². The van der Waals surface area contributed by atoms with Crippen LogP contribution in [0.5, 0.6) is 0 Å². The molecule has 0 radical (unpaired) electrons. The van der Waals surface area contributed by atoms with Crippen molar-refractivity contribution in [1.29, 1.82) is 0 Å². The van der Waals surface area contributed by atoms with Gasteiger partial charge in [-0.3, -0.25) is 19.7 Å². The van der Waals surface area contributed by atoms with Crippen LogP contribution in [-0.2, 0) is 11.2 Å². The number of thioether (sulfide) groups is 1. The van der Waals surface area contributed by atoms with E-state index in [-0.39, 0.29) is 22.8 Å². The molecule has 0 spiro atoms. The monoisotopic (exact) mass is 793 g/mol. The van der Waals surface area contributed by atoms with Crippen LogP contribution in [0, 0.1) is 0 Å². The predicted molar refractivity (Wildman–Crippen MR) is 157 cm³/mol. The number of halogens is 4. The maximum atomic E-state index is 13.3. The van der Waals surface area contributed by atoms with E-state index in [0.717, 1.165) is 21.0 Å². The van der Waals surface area contributed by atoms with Gasteiger partial charge in [0.05, 0.1) is 32.8 Å². The lowest BCUT2D eigenvalue weighted by atomic mass is 10.1. The molecule has 1 aliphatic rings. The summed E-state index contributed by atoms with van der Waals surface area (Å²) in [7, 11) is 0. The van der Waals surface area contributed by atoms with Gasteiger partial charge < -0.3 is 0 Å². The van der Waals surface area contributed by atoms with Crippen LogP contribution in [0.4, 0.5) is 10.8 Å². The molecule has 36 heavy (non-hydrogen) atoms. The lowest BCUT2D eigenvalue weighted by Gasteiger charge is -2.13. The minimum atomic E-state index is -0.422. The molecule has 0 atom stereocenters. The molecule has 5 rings (SSSR count). The first-order chi connectivity index (χ1) is 17.2. The summed E-state index contributed by atoms with van der Waals surface area (Å²) in [6.07, 6.45) is 0.764. The fraction of sp³-hybridized carbons (Fsp3) is 0.143. The molecule has 1 aliphatic heterocycles. The van der Waals surface area contributed by atoms with Crippen LogP contribution in [0.2, 0.25) is 0 Å². The summed E-state index contributed by atoms with van der Waals surface area (Å²) >= 11 is 17.8. The Kier molecular flexibility index (Phi) is 7.69. The highest BCUT2D eigenvalue weighted by Gasteiger charge is 2.42. The van der Waals surface area contributed by atoms with Crippen LogP contribution in [0.3, 0.4) is 0 Å². The SMILES string of the molecule is CCc1nnc(NC(=O)CSc2nc3ccc(N4C(=O)c5c(Br)c(Br)c(Br)c(Br)c5C4=O)cc3s2)s1. The minimum Gasteiger partial charge on any atom is -0.300 e. The highest BCUT2D eigenvalue weighted by Crippen LogP contribution is 2.46. The molecule has 8 nitrogen and oxygen atoms in total. The maximum Gasteiger partial charge on any atom is 0.267 e. The maximum absolute atomic E-state index is 13.3. The third-order valence-electron chi connectivity index (χ3n) is 5.05. The topological polar surface area (TPSA) is 105 Å². The van der Waals surface area contributed by atoms with Crippen LogP contribution in [0.25, 0.3) is 10.2 Å². The number of imide groups is 1. The zero-order valence-corrected chi connectivity index (χ0v) is 26.7. The molecule has 4 aromatic rings. The zero-order chi connectivity index (χ0) is 25.7. The molecule has 184 valence electrons. The second-order valence-corrected chi connectivity index (χ2v) is 13.8. The van der Waals surface area contributed by atoms with E-state index in [2.05, 4.69) is 84.2 Å². The van der Waals surface area contributed by atoms with Crippen molar-refractivity contribution in [1.82, 2.24) is 15.2 Å². The average molecular weight is 797 g/mol. The predicted octanol–water partition coefficient (Wildman–Crippen LogP) is 7.29. The van der Waals surface area contributed by atoms with E-state index in [1.807, 2.05) is 6.92 Å². The largest absolute Gasteiger partial charge is 0.300 e. The van der Waals surface area contributed by atoms with Crippen molar-refractivity contribution in [2.45, 2.75) is 17.7 Å². The minimum absolute atomic E-state index is 0.165. The summed E-state index contributed by atoms with van der Waals surface area (Å²) in [4.78, 5) is 44.6. The molecule has 3 amide bonds. The van der Waals surface area contributed by atoms with E-state index in [9.17, 15) is 14.4 Å². The first kappa shape index (κ1) is 26.4. The van der Waals surface area contributed by atoms with Crippen molar-refractivity contribution in [3.63, 3.8) is 0 Å². The Morgan fingerprint density at radius 1 is 1.00 bits per heavy atom. The van der Waals surface area contributed by atoms with Gasteiger partial charge in [-0.15, -0.1) is 21.5 Å². The number of carbonyl (C=O) groups excluding carboxylic acids is 3. The number of rotatable bonds is 6. The van der Waals surface area contributed by atoms with Gasteiger partial charge in [0, 0.05) is 17.9 Å². The lowest BCUT2D eigenvalue weighted by Crippen LogP contribution is -2.29. The third kappa shape index (κ3) is 4.71. The summed E-state index contributed by atoms with van der Waals surface area (Å²) in [6, 6.07) is 5.22. The molecule has 15 heteroatoms. The molecular weight excluding hydrogens is 786 g/mol. The van der Waals surface area contributed by atoms with E-state index in [4.69, 9.17) is 0 Å². The molecular formula is C21H11Br4N5O3S3. The Balaban J connectivity index is 1.36. The average Bonchev–Trinajstić information content (AvgIpc) is 3.55. The van der Waals surface area contributed by atoms with Crippen molar-refractivity contribution in [2.75, 3.05) is 16.0 Å². The van der Waals surface area contributed by atoms with Crippen LogP contribution >= 0.6 is 98.2 Å². The van der Waals surface area contributed by atoms with Gasteiger partial charge in [-0.1, -0.05) is 30.0 Å². The number of carbonyl (C=O) groups is 3. The number of hydrogen-bond acceptors (Lipinski definition) is 9. The highest BCUT2D eigenvalue weighted by molar-refractivity contribution is 9.15. The number of aromatic nitrogens is 3. The van der Waals surface area contributed by atoms with E-state index in [0.29, 0.717) is 38.6 Å². The molecule has 0 saturated carbocycles. The van der Waals surface area contributed by atoms with E-state index < -0.39 is 11.8 Å². The molecule has 2 aromatic heterocycles. The van der Waals surface area contributed by atoms with Gasteiger partial charge in [0.2, 0.25) is 11.0 Å². The molecule has 0 bridgehead atoms. The van der Waals surface area contributed by atoms with E-state index in [1.54, 1.807) is 18.2 Å². The Bertz CT molecular complexity index is 1540. The number of anilines is 2. The smallest absolute Gasteiger partial charge is 0.267 e. The molecule has 0 saturated heterocycles. The standard InChI is InChI=1S/C21H11Br4N5O3S3/c1-2-11-28-29-20(36-11)27-10(31)6-34-21-26-8-4-3-7(5-9(8)35-21)30-18(32)12-13(19(30)33)15(23)17(25)16(24)14(12)22/h3-5H,2,6H2,1H3,(H,27,29,31).